The minimum Gasteiger partial charge on any atom is -0.454 e. The molecule has 2 aromatic heterocycles. The predicted octanol–water partition coefficient (Wildman–Crippen LogP) is 20.3. The van der Waals surface area contributed by atoms with Crippen LogP contribution in [0, 0.1) is 0 Å². The molecule has 2 heterocycles. The fraction of sp³-hybridized carbons (Fsp3) is 0. The number of thiophene rings is 1. The maximum atomic E-state index is 6.95. The van der Waals surface area contributed by atoms with E-state index >= 15 is 0 Å². The van der Waals surface area contributed by atoms with E-state index < -0.39 is 0 Å². The summed E-state index contributed by atoms with van der Waals surface area (Å²) in [7, 11) is 0. The lowest BCUT2D eigenvalue weighted by molar-refractivity contribution is 0.669. The maximum absolute atomic E-state index is 6.95. The highest BCUT2D eigenvalue weighted by Crippen LogP contribution is 2.50. The van der Waals surface area contributed by atoms with Crippen LogP contribution >= 0.6 is 11.3 Å². The largest absolute Gasteiger partial charge is 0.454 e. The van der Waals surface area contributed by atoms with Crippen molar-refractivity contribution in [3.05, 3.63) is 273 Å². The monoisotopic (exact) mass is 951 g/mol. The Morgan fingerprint density at radius 1 is 0.288 bits per heavy atom. The van der Waals surface area contributed by atoms with Gasteiger partial charge in [0, 0.05) is 58.8 Å². The summed E-state index contributed by atoms with van der Waals surface area (Å²) in [5, 5.41) is 9.37. The number of rotatable bonds is 10. The first kappa shape index (κ1) is 42.5. The summed E-state index contributed by atoms with van der Waals surface area (Å²) in [6, 6.07) is 98.5. The van der Waals surface area contributed by atoms with Gasteiger partial charge < -0.3 is 19.1 Å². The van der Waals surface area contributed by atoms with E-state index in [1.165, 1.54) is 36.5 Å². The van der Waals surface area contributed by atoms with Crippen LogP contribution in [0.25, 0.3) is 74.8 Å². The Hall–Kier alpha value is -9.42. The van der Waals surface area contributed by atoms with Crippen molar-refractivity contribution < 1.29 is 4.42 Å². The molecule has 14 aromatic rings. The van der Waals surface area contributed by atoms with Crippen LogP contribution in [0.3, 0.4) is 0 Å². The van der Waals surface area contributed by atoms with Crippen molar-refractivity contribution in [2.75, 3.05) is 14.7 Å². The van der Waals surface area contributed by atoms with Crippen LogP contribution in [0.5, 0.6) is 0 Å². The second kappa shape index (κ2) is 17.8. The van der Waals surface area contributed by atoms with Crippen molar-refractivity contribution in [3.63, 3.8) is 0 Å². The van der Waals surface area contributed by atoms with Crippen LogP contribution < -0.4 is 14.7 Å². The molecule has 5 heteroatoms. The van der Waals surface area contributed by atoms with Gasteiger partial charge in [0.1, 0.15) is 5.58 Å². The minimum absolute atomic E-state index is 0.817. The van der Waals surface area contributed by atoms with E-state index in [-0.39, 0.29) is 0 Å². The van der Waals surface area contributed by atoms with Gasteiger partial charge in [-0.05, 0) is 107 Å². The van der Waals surface area contributed by atoms with Gasteiger partial charge >= 0.3 is 0 Å². The number of hydrogen-bond donors (Lipinski definition) is 0. The second-order valence-electron chi connectivity index (χ2n) is 18.5. The smallest absolute Gasteiger partial charge is 0.159 e. The predicted molar refractivity (Wildman–Crippen MR) is 311 cm³/mol. The first-order chi connectivity index (χ1) is 36.2. The zero-order chi connectivity index (χ0) is 48.2. The van der Waals surface area contributed by atoms with Crippen molar-refractivity contribution >= 4 is 126 Å². The molecule has 4 nitrogen and oxygen atoms in total. The van der Waals surface area contributed by atoms with E-state index in [0.717, 1.165) is 89.5 Å². The quantitative estimate of drug-likeness (QED) is 0.136. The summed E-state index contributed by atoms with van der Waals surface area (Å²) >= 11 is 1.86. The zero-order valence-corrected chi connectivity index (χ0v) is 40.5. The van der Waals surface area contributed by atoms with Crippen LogP contribution in [0.15, 0.2) is 277 Å². The third kappa shape index (κ3) is 7.37. The molecule has 0 atom stereocenters. The van der Waals surface area contributed by atoms with E-state index in [2.05, 4.69) is 282 Å². The van der Waals surface area contributed by atoms with E-state index in [4.69, 9.17) is 4.42 Å². The average Bonchev–Trinajstić information content (AvgIpc) is 4.04. The topological polar surface area (TPSA) is 22.9 Å². The molecule has 344 valence electrons. The molecule has 0 N–H and O–H groups in total. The summed E-state index contributed by atoms with van der Waals surface area (Å²) in [6.07, 6.45) is 0. The number of fused-ring (bicyclic) bond motifs is 8. The van der Waals surface area contributed by atoms with Gasteiger partial charge in [-0.25, -0.2) is 0 Å². The van der Waals surface area contributed by atoms with Crippen molar-refractivity contribution in [3.8, 4) is 11.1 Å². The summed E-state index contributed by atoms with van der Waals surface area (Å²) in [6.45, 7) is 0. The van der Waals surface area contributed by atoms with Crippen LogP contribution in [-0.4, -0.2) is 0 Å². The molecule has 0 amide bonds. The molecular formula is C68H45N3OS. The number of benzene rings is 12. The molecule has 0 unspecified atom stereocenters. The van der Waals surface area contributed by atoms with E-state index in [1.807, 2.05) is 17.4 Å². The standard InChI is InChI=1S/C68H45N3OS/c1-3-23-49(24-4-1)69(62-34-15-21-46-19-7-9-27-55(46)62)52-43-53(70(50-25-5-2-6-26-50)63-35-16-22-47-20-8-10-28-56(47)63)45-54(44-52)71(64-36-18-32-60-58-29-11-13-37-65(58)72-67(60)64)51-41-39-48(40-42-51)57-31-17-33-61-59-30-12-14-38-66(59)73-68(57)61/h1-45H. The Labute approximate surface area is 427 Å². The first-order valence-electron chi connectivity index (χ1n) is 24.7. The van der Waals surface area contributed by atoms with Gasteiger partial charge in [-0.15, -0.1) is 11.3 Å². The summed E-state index contributed by atoms with van der Waals surface area (Å²) < 4.78 is 9.53. The van der Waals surface area contributed by atoms with Crippen LogP contribution in [-0.2, 0) is 0 Å². The van der Waals surface area contributed by atoms with Crippen molar-refractivity contribution in [2.45, 2.75) is 0 Å². The Kier molecular flexibility index (Phi) is 10.3. The number of hydrogen-bond acceptors (Lipinski definition) is 5. The van der Waals surface area contributed by atoms with E-state index in [0.29, 0.717) is 0 Å². The zero-order valence-electron chi connectivity index (χ0n) is 39.6. The van der Waals surface area contributed by atoms with E-state index in [9.17, 15) is 0 Å². The lowest BCUT2D eigenvalue weighted by atomic mass is 10.0. The third-order valence-corrected chi connectivity index (χ3v) is 15.4. The molecule has 14 rings (SSSR count). The molecule has 12 aromatic carbocycles. The SMILES string of the molecule is c1ccc(N(c2cc(N(c3ccccc3)c3cccc4ccccc34)cc(N(c3ccc(-c4cccc5c4sc4ccccc45)cc3)c3cccc4c3oc3ccccc34)c2)c2cccc3ccccc23)cc1. The highest BCUT2D eigenvalue weighted by Gasteiger charge is 2.26. The molecular weight excluding hydrogens is 907 g/mol. The Balaban J connectivity index is 1.06. The summed E-state index contributed by atoms with van der Waals surface area (Å²) in [5.74, 6) is 0. The highest BCUT2D eigenvalue weighted by atomic mass is 32.1. The lowest BCUT2D eigenvalue weighted by Crippen LogP contribution is -2.16. The van der Waals surface area contributed by atoms with Crippen molar-refractivity contribution in [1.29, 1.82) is 0 Å². The normalized spacial score (nSPS) is 11.6. The van der Waals surface area contributed by atoms with Gasteiger partial charge in [0.25, 0.3) is 0 Å². The molecule has 73 heavy (non-hydrogen) atoms. The van der Waals surface area contributed by atoms with Crippen molar-refractivity contribution in [1.82, 2.24) is 0 Å². The molecule has 0 aliphatic carbocycles. The van der Waals surface area contributed by atoms with Crippen LogP contribution in [0.2, 0.25) is 0 Å². The molecule has 0 aliphatic heterocycles. The first-order valence-corrected chi connectivity index (χ1v) is 25.6. The number of anilines is 9. The molecule has 0 saturated heterocycles. The fourth-order valence-corrected chi connectivity index (χ4v) is 12.1. The molecule has 0 aliphatic rings. The number of para-hydroxylation sites is 4. The van der Waals surface area contributed by atoms with Gasteiger partial charge in [0.2, 0.25) is 0 Å². The van der Waals surface area contributed by atoms with Gasteiger partial charge in [-0.2, -0.15) is 0 Å². The number of nitrogens with zero attached hydrogens (tertiary/aromatic N) is 3. The van der Waals surface area contributed by atoms with Crippen molar-refractivity contribution in [2.24, 2.45) is 0 Å². The van der Waals surface area contributed by atoms with E-state index in [1.54, 1.807) is 0 Å². The van der Waals surface area contributed by atoms with Gasteiger partial charge in [0.15, 0.2) is 5.58 Å². The average molecular weight is 952 g/mol. The fourth-order valence-electron chi connectivity index (χ4n) is 10.9. The summed E-state index contributed by atoms with van der Waals surface area (Å²) in [4.78, 5) is 7.21. The Morgan fingerprint density at radius 3 is 1.36 bits per heavy atom. The maximum Gasteiger partial charge on any atom is 0.159 e. The third-order valence-electron chi connectivity index (χ3n) is 14.2. The molecule has 0 fully saturated rings. The number of furan rings is 1. The Bertz CT molecular complexity index is 4200. The second-order valence-corrected chi connectivity index (χ2v) is 19.5. The summed E-state index contributed by atoms with van der Waals surface area (Å²) in [5.41, 5.74) is 13.2. The molecule has 0 saturated carbocycles. The van der Waals surface area contributed by atoms with Gasteiger partial charge in [-0.1, -0.05) is 188 Å². The lowest BCUT2D eigenvalue weighted by Gasteiger charge is -2.33. The molecule has 0 spiro atoms. The molecule has 0 bridgehead atoms. The van der Waals surface area contributed by atoms with Gasteiger partial charge in [-0.3, -0.25) is 0 Å². The van der Waals surface area contributed by atoms with Gasteiger partial charge in [0.05, 0.1) is 34.1 Å². The van der Waals surface area contributed by atoms with Crippen LogP contribution in [0.4, 0.5) is 51.2 Å². The minimum atomic E-state index is 0.817. The highest BCUT2D eigenvalue weighted by molar-refractivity contribution is 7.26. The molecule has 0 radical (unpaired) electrons. The Morgan fingerprint density at radius 2 is 0.726 bits per heavy atom. The van der Waals surface area contributed by atoms with Crippen LogP contribution in [0.1, 0.15) is 0 Å².